The average Bonchev–Trinajstić information content (AvgIpc) is 3.21. The van der Waals surface area contributed by atoms with Gasteiger partial charge < -0.3 is 9.47 Å². The van der Waals surface area contributed by atoms with Crippen molar-refractivity contribution in [2.75, 3.05) is 6.79 Å². The van der Waals surface area contributed by atoms with Crippen molar-refractivity contribution in [3.05, 3.63) is 58.8 Å². The molecule has 0 fully saturated rings. The molecule has 0 unspecified atom stereocenters. The molecular formula is C17H11N3O3S. The number of hydrogen-bond donors (Lipinski definition) is 0. The normalized spacial score (nSPS) is 13.0. The zero-order valence-corrected chi connectivity index (χ0v) is 13.2. The lowest BCUT2D eigenvalue weighted by Crippen LogP contribution is -2.20. The Hall–Kier alpha value is -2.93. The minimum atomic E-state index is -0.0549. The molecule has 0 atom stereocenters. The van der Waals surface area contributed by atoms with Crippen molar-refractivity contribution in [1.82, 2.24) is 14.5 Å². The monoisotopic (exact) mass is 337 g/mol. The number of hydrogen-bond acceptors (Lipinski definition) is 6. The van der Waals surface area contributed by atoms with Gasteiger partial charge >= 0.3 is 0 Å². The fourth-order valence-electron chi connectivity index (χ4n) is 2.85. The smallest absolute Gasteiger partial charge is 0.271 e. The molecule has 3 aromatic heterocycles. The van der Waals surface area contributed by atoms with Crippen LogP contribution in [0.15, 0.2) is 47.7 Å². The van der Waals surface area contributed by atoms with Gasteiger partial charge in [-0.3, -0.25) is 9.36 Å². The molecule has 4 aromatic rings. The van der Waals surface area contributed by atoms with Crippen LogP contribution in [-0.4, -0.2) is 21.3 Å². The Morgan fingerprint density at radius 3 is 3.04 bits per heavy atom. The third-order valence-corrected chi connectivity index (χ3v) is 5.10. The SMILES string of the molecule is O=c1c2sc3ncccc3c2ncn1Cc1ccc2c(c1)OCO2. The molecule has 0 saturated carbocycles. The Balaban J connectivity index is 1.61. The van der Waals surface area contributed by atoms with Crippen molar-refractivity contribution >= 4 is 31.8 Å². The van der Waals surface area contributed by atoms with E-state index in [0.717, 1.165) is 27.0 Å². The second kappa shape index (κ2) is 5.04. The van der Waals surface area contributed by atoms with Crippen LogP contribution in [0.5, 0.6) is 11.5 Å². The van der Waals surface area contributed by atoms with E-state index in [0.29, 0.717) is 17.0 Å². The number of fused-ring (bicyclic) bond motifs is 4. The van der Waals surface area contributed by atoms with Crippen LogP contribution in [0.1, 0.15) is 5.56 Å². The van der Waals surface area contributed by atoms with Crippen LogP contribution >= 0.6 is 11.3 Å². The van der Waals surface area contributed by atoms with Gasteiger partial charge in [0, 0.05) is 11.6 Å². The number of pyridine rings is 1. The lowest BCUT2D eigenvalue weighted by Gasteiger charge is -2.06. The van der Waals surface area contributed by atoms with E-state index in [-0.39, 0.29) is 12.4 Å². The van der Waals surface area contributed by atoms with Gasteiger partial charge in [-0.05, 0) is 29.8 Å². The molecule has 1 aliphatic heterocycles. The van der Waals surface area contributed by atoms with Crippen molar-refractivity contribution in [2.24, 2.45) is 0 Å². The summed E-state index contributed by atoms with van der Waals surface area (Å²) in [4.78, 5) is 22.4. The standard InChI is InChI=1S/C17H11N3O3S/c21-17-15-14(11-2-1-5-18-16(11)24-15)19-8-20(17)7-10-3-4-12-13(6-10)23-9-22-12/h1-6,8H,7,9H2. The van der Waals surface area contributed by atoms with E-state index in [1.54, 1.807) is 17.1 Å². The second-order valence-electron chi connectivity index (χ2n) is 5.50. The van der Waals surface area contributed by atoms with Crippen molar-refractivity contribution in [3.8, 4) is 11.5 Å². The molecule has 5 rings (SSSR count). The highest BCUT2D eigenvalue weighted by Gasteiger charge is 2.15. The molecule has 24 heavy (non-hydrogen) atoms. The Labute approximate surface area is 139 Å². The van der Waals surface area contributed by atoms with E-state index >= 15 is 0 Å². The third kappa shape index (κ3) is 1.98. The molecule has 0 aliphatic carbocycles. The minimum absolute atomic E-state index is 0.0549. The Morgan fingerprint density at radius 1 is 1.17 bits per heavy atom. The van der Waals surface area contributed by atoms with Gasteiger partial charge in [0.2, 0.25) is 6.79 Å². The van der Waals surface area contributed by atoms with Crippen LogP contribution < -0.4 is 15.0 Å². The molecule has 6 nitrogen and oxygen atoms in total. The van der Waals surface area contributed by atoms with Crippen LogP contribution in [0.3, 0.4) is 0 Å². The van der Waals surface area contributed by atoms with Gasteiger partial charge in [-0.25, -0.2) is 9.97 Å². The molecule has 118 valence electrons. The first-order valence-electron chi connectivity index (χ1n) is 7.41. The summed E-state index contributed by atoms with van der Waals surface area (Å²) in [6, 6.07) is 9.48. The van der Waals surface area contributed by atoms with Gasteiger partial charge in [-0.2, -0.15) is 0 Å². The summed E-state index contributed by atoms with van der Waals surface area (Å²) in [5, 5.41) is 0.921. The maximum absolute atomic E-state index is 12.8. The number of nitrogens with zero attached hydrogens (tertiary/aromatic N) is 3. The molecule has 7 heteroatoms. The van der Waals surface area contributed by atoms with Crippen LogP contribution in [0.4, 0.5) is 0 Å². The van der Waals surface area contributed by atoms with E-state index in [4.69, 9.17) is 9.47 Å². The summed E-state index contributed by atoms with van der Waals surface area (Å²) in [6.45, 7) is 0.668. The molecule has 0 saturated heterocycles. The van der Waals surface area contributed by atoms with Crippen LogP contribution in [0.25, 0.3) is 20.4 Å². The van der Waals surface area contributed by atoms with Gasteiger partial charge in [-0.1, -0.05) is 6.07 Å². The Morgan fingerprint density at radius 2 is 2.08 bits per heavy atom. The van der Waals surface area contributed by atoms with E-state index in [2.05, 4.69) is 9.97 Å². The van der Waals surface area contributed by atoms with Crippen molar-refractivity contribution in [3.63, 3.8) is 0 Å². The van der Waals surface area contributed by atoms with E-state index in [9.17, 15) is 4.79 Å². The molecule has 0 bridgehead atoms. The van der Waals surface area contributed by atoms with Crippen molar-refractivity contribution in [2.45, 2.75) is 6.54 Å². The maximum Gasteiger partial charge on any atom is 0.271 e. The Kier molecular flexibility index (Phi) is 2.83. The van der Waals surface area contributed by atoms with Crippen molar-refractivity contribution < 1.29 is 9.47 Å². The molecule has 4 heterocycles. The number of ether oxygens (including phenoxy) is 2. The fourth-order valence-corrected chi connectivity index (χ4v) is 3.90. The molecule has 0 spiro atoms. The molecular weight excluding hydrogens is 326 g/mol. The fraction of sp³-hybridized carbons (Fsp3) is 0.118. The quantitative estimate of drug-likeness (QED) is 0.563. The molecule has 0 amide bonds. The third-order valence-electron chi connectivity index (χ3n) is 4.01. The summed E-state index contributed by atoms with van der Waals surface area (Å²) in [5.41, 5.74) is 1.62. The van der Waals surface area contributed by atoms with Gasteiger partial charge in [0.05, 0.1) is 18.4 Å². The van der Waals surface area contributed by atoms with Crippen LogP contribution in [0, 0.1) is 0 Å². The predicted octanol–water partition coefficient (Wildman–Crippen LogP) is 2.78. The van der Waals surface area contributed by atoms with Gasteiger partial charge in [0.25, 0.3) is 5.56 Å². The minimum Gasteiger partial charge on any atom is -0.454 e. The summed E-state index contributed by atoms with van der Waals surface area (Å²) in [7, 11) is 0. The lowest BCUT2D eigenvalue weighted by atomic mass is 10.2. The first kappa shape index (κ1) is 13.5. The number of aromatic nitrogens is 3. The van der Waals surface area contributed by atoms with Gasteiger partial charge in [0.15, 0.2) is 11.5 Å². The topological polar surface area (TPSA) is 66.2 Å². The predicted molar refractivity (Wildman–Crippen MR) is 90.8 cm³/mol. The molecule has 1 aromatic carbocycles. The van der Waals surface area contributed by atoms with E-state index in [1.165, 1.54) is 11.3 Å². The lowest BCUT2D eigenvalue weighted by molar-refractivity contribution is 0.174. The largest absolute Gasteiger partial charge is 0.454 e. The van der Waals surface area contributed by atoms with E-state index in [1.807, 2.05) is 30.3 Å². The number of thiophene rings is 1. The highest BCUT2D eigenvalue weighted by molar-refractivity contribution is 7.25. The summed E-state index contributed by atoms with van der Waals surface area (Å²) in [5.74, 6) is 1.44. The van der Waals surface area contributed by atoms with E-state index < -0.39 is 0 Å². The molecule has 1 aliphatic rings. The zero-order valence-electron chi connectivity index (χ0n) is 12.4. The second-order valence-corrected chi connectivity index (χ2v) is 6.50. The van der Waals surface area contributed by atoms with Gasteiger partial charge in [-0.15, -0.1) is 11.3 Å². The highest BCUT2D eigenvalue weighted by Crippen LogP contribution is 2.33. The van der Waals surface area contributed by atoms with Crippen LogP contribution in [0.2, 0.25) is 0 Å². The first-order valence-corrected chi connectivity index (χ1v) is 8.22. The molecule has 0 radical (unpaired) electrons. The highest BCUT2D eigenvalue weighted by atomic mass is 32.1. The summed E-state index contributed by atoms with van der Waals surface area (Å²) < 4.78 is 12.9. The van der Waals surface area contributed by atoms with Crippen molar-refractivity contribution in [1.29, 1.82) is 0 Å². The molecule has 0 N–H and O–H groups in total. The number of rotatable bonds is 2. The summed E-state index contributed by atoms with van der Waals surface area (Å²) in [6.07, 6.45) is 3.32. The number of benzene rings is 1. The van der Waals surface area contributed by atoms with Crippen LogP contribution in [-0.2, 0) is 6.54 Å². The Bertz CT molecular complexity index is 1150. The summed E-state index contributed by atoms with van der Waals surface area (Å²) >= 11 is 1.38. The maximum atomic E-state index is 12.8. The zero-order chi connectivity index (χ0) is 16.1. The first-order chi connectivity index (χ1) is 11.8. The van der Waals surface area contributed by atoms with Gasteiger partial charge in [0.1, 0.15) is 9.53 Å². The average molecular weight is 337 g/mol.